The lowest BCUT2D eigenvalue weighted by Crippen LogP contribution is -2.50. The Hall–Kier alpha value is -2.18. The first-order chi connectivity index (χ1) is 12.0. The molecule has 4 nitrogen and oxygen atoms in total. The van der Waals surface area contributed by atoms with Crippen molar-refractivity contribution >= 4 is 18.3 Å². The van der Waals surface area contributed by atoms with Crippen molar-refractivity contribution < 1.29 is 18.3 Å². The molecule has 1 aliphatic rings. The zero-order valence-corrected chi connectivity index (χ0v) is 15.1. The van der Waals surface area contributed by atoms with Gasteiger partial charge in [0.15, 0.2) is 11.6 Å². The SMILES string of the molecule is CC1CCNCC1NC(=O)c1ccc(Oc2ccc(F)cc2F)cc1.Cl. The van der Waals surface area contributed by atoms with E-state index < -0.39 is 11.6 Å². The number of amides is 1. The molecule has 2 aromatic rings. The van der Waals surface area contributed by atoms with Crippen molar-refractivity contribution in [3.63, 3.8) is 0 Å². The molecule has 0 aromatic heterocycles. The van der Waals surface area contributed by atoms with Gasteiger partial charge in [-0.1, -0.05) is 6.92 Å². The fourth-order valence-corrected chi connectivity index (χ4v) is 2.79. The molecule has 0 spiro atoms. The molecular formula is C19H21ClF2N2O2. The van der Waals surface area contributed by atoms with E-state index in [-0.39, 0.29) is 30.1 Å². The largest absolute Gasteiger partial charge is 0.454 e. The standard InChI is InChI=1S/C19H20F2N2O2.ClH/c1-12-8-9-22-11-17(12)23-19(24)13-2-5-15(6-3-13)25-18-7-4-14(20)10-16(18)21;/h2-7,10,12,17,22H,8-9,11H2,1H3,(H,23,24);1H. The number of hydrogen-bond acceptors (Lipinski definition) is 3. The van der Waals surface area contributed by atoms with Crippen molar-refractivity contribution in [2.24, 2.45) is 5.92 Å². The second-order valence-electron chi connectivity index (χ2n) is 6.25. The summed E-state index contributed by atoms with van der Waals surface area (Å²) in [5.41, 5.74) is 0.504. The van der Waals surface area contributed by atoms with Gasteiger partial charge in [0.2, 0.25) is 0 Å². The molecule has 3 rings (SSSR count). The van der Waals surface area contributed by atoms with Gasteiger partial charge in [-0.25, -0.2) is 8.78 Å². The highest BCUT2D eigenvalue weighted by Crippen LogP contribution is 2.25. The molecule has 140 valence electrons. The van der Waals surface area contributed by atoms with E-state index in [1.54, 1.807) is 24.3 Å². The predicted molar refractivity (Wildman–Crippen MR) is 98.0 cm³/mol. The van der Waals surface area contributed by atoms with Gasteiger partial charge in [0.05, 0.1) is 0 Å². The molecule has 2 atom stereocenters. The fourth-order valence-electron chi connectivity index (χ4n) is 2.79. The van der Waals surface area contributed by atoms with Crippen LogP contribution in [0.25, 0.3) is 0 Å². The molecule has 1 aliphatic heterocycles. The summed E-state index contributed by atoms with van der Waals surface area (Å²) in [7, 11) is 0. The molecular weight excluding hydrogens is 362 g/mol. The molecule has 7 heteroatoms. The second kappa shape index (κ2) is 8.96. The van der Waals surface area contributed by atoms with Crippen LogP contribution in [0.3, 0.4) is 0 Å². The summed E-state index contributed by atoms with van der Waals surface area (Å²) in [6.45, 7) is 3.86. The van der Waals surface area contributed by atoms with Crippen molar-refractivity contribution in [3.05, 3.63) is 59.7 Å². The number of piperidine rings is 1. The summed E-state index contributed by atoms with van der Waals surface area (Å²) >= 11 is 0. The number of benzene rings is 2. The van der Waals surface area contributed by atoms with E-state index in [0.717, 1.165) is 31.6 Å². The van der Waals surface area contributed by atoms with Crippen molar-refractivity contribution in [2.75, 3.05) is 13.1 Å². The highest BCUT2D eigenvalue weighted by atomic mass is 35.5. The number of hydrogen-bond donors (Lipinski definition) is 2. The zero-order chi connectivity index (χ0) is 17.8. The minimum absolute atomic E-state index is 0. The van der Waals surface area contributed by atoms with Crippen LogP contribution in [0.4, 0.5) is 8.78 Å². The molecule has 26 heavy (non-hydrogen) atoms. The van der Waals surface area contributed by atoms with Gasteiger partial charge in [0.25, 0.3) is 5.91 Å². The minimum atomic E-state index is -0.777. The Balaban J connectivity index is 0.00000243. The van der Waals surface area contributed by atoms with Gasteiger partial charge in [-0.2, -0.15) is 0 Å². The van der Waals surface area contributed by atoms with Crippen LogP contribution in [0.2, 0.25) is 0 Å². The van der Waals surface area contributed by atoms with Gasteiger partial charge in [-0.05, 0) is 55.3 Å². The first-order valence-corrected chi connectivity index (χ1v) is 8.27. The van der Waals surface area contributed by atoms with Crippen LogP contribution in [0.5, 0.6) is 11.5 Å². The third-order valence-corrected chi connectivity index (χ3v) is 4.38. The van der Waals surface area contributed by atoms with E-state index in [1.807, 2.05) is 0 Å². The number of nitrogens with one attached hydrogen (secondary N) is 2. The molecule has 0 radical (unpaired) electrons. The normalized spacial score (nSPS) is 19.3. The maximum atomic E-state index is 13.6. The fraction of sp³-hybridized carbons (Fsp3) is 0.316. The number of carbonyl (C=O) groups is 1. The molecule has 2 N–H and O–H groups in total. The van der Waals surface area contributed by atoms with Gasteiger partial charge in [-0.15, -0.1) is 12.4 Å². The average Bonchev–Trinajstić information content (AvgIpc) is 2.60. The van der Waals surface area contributed by atoms with Crippen molar-refractivity contribution in [2.45, 2.75) is 19.4 Å². The third kappa shape index (κ3) is 4.93. The van der Waals surface area contributed by atoms with Crippen LogP contribution in [0, 0.1) is 17.6 Å². The van der Waals surface area contributed by atoms with E-state index >= 15 is 0 Å². The van der Waals surface area contributed by atoms with E-state index in [1.165, 1.54) is 6.07 Å². The van der Waals surface area contributed by atoms with Gasteiger partial charge >= 0.3 is 0 Å². The lowest BCUT2D eigenvalue weighted by Gasteiger charge is -2.30. The van der Waals surface area contributed by atoms with Crippen LogP contribution >= 0.6 is 12.4 Å². The molecule has 0 saturated carbocycles. The Morgan fingerprint density at radius 2 is 1.92 bits per heavy atom. The molecule has 1 amide bonds. The summed E-state index contributed by atoms with van der Waals surface area (Å²) in [6, 6.07) is 9.62. The lowest BCUT2D eigenvalue weighted by molar-refractivity contribution is 0.0915. The quantitative estimate of drug-likeness (QED) is 0.843. The number of rotatable bonds is 4. The topological polar surface area (TPSA) is 50.4 Å². The summed E-state index contributed by atoms with van der Waals surface area (Å²) in [6.07, 6.45) is 1.03. The molecule has 1 heterocycles. The Bertz CT molecular complexity index is 756. The first-order valence-electron chi connectivity index (χ1n) is 8.27. The average molecular weight is 383 g/mol. The summed E-state index contributed by atoms with van der Waals surface area (Å²) in [4.78, 5) is 12.3. The number of carbonyl (C=O) groups excluding carboxylic acids is 1. The first kappa shape index (κ1) is 20.1. The monoisotopic (exact) mass is 382 g/mol. The molecule has 0 bridgehead atoms. The van der Waals surface area contributed by atoms with Crippen LogP contribution in [0.1, 0.15) is 23.7 Å². The maximum absolute atomic E-state index is 13.6. The van der Waals surface area contributed by atoms with Crippen LogP contribution in [-0.2, 0) is 0 Å². The van der Waals surface area contributed by atoms with Gasteiger partial charge in [0.1, 0.15) is 11.6 Å². The minimum Gasteiger partial charge on any atom is -0.454 e. The van der Waals surface area contributed by atoms with Crippen molar-refractivity contribution in [3.8, 4) is 11.5 Å². The third-order valence-electron chi connectivity index (χ3n) is 4.38. The predicted octanol–water partition coefficient (Wildman–Crippen LogP) is 3.91. The Morgan fingerprint density at radius 1 is 1.19 bits per heavy atom. The van der Waals surface area contributed by atoms with Crippen LogP contribution in [0.15, 0.2) is 42.5 Å². The maximum Gasteiger partial charge on any atom is 0.251 e. The Morgan fingerprint density at radius 3 is 2.58 bits per heavy atom. The number of halogens is 3. The summed E-state index contributed by atoms with van der Waals surface area (Å²) in [5.74, 6) is -0.867. The second-order valence-corrected chi connectivity index (χ2v) is 6.25. The highest BCUT2D eigenvalue weighted by molar-refractivity contribution is 5.94. The lowest BCUT2D eigenvalue weighted by atomic mass is 9.94. The number of ether oxygens (including phenoxy) is 1. The molecule has 2 unspecified atom stereocenters. The molecule has 0 aliphatic carbocycles. The van der Waals surface area contributed by atoms with Gasteiger partial charge in [-0.3, -0.25) is 4.79 Å². The summed E-state index contributed by atoms with van der Waals surface area (Å²) in [5, 5.41) is 6.30. The summed E-state index contributed by atoms with van der Waals surface area (Å²) < 4.78 is 31.9. The zero-order valence-electron chi connectivity index (χ0n) is 14.3. The smallest absolute Gasteiger partial charge is 0.251 e. The van der Waals surface area contributed by atoms with E-state index in [9.17, 15) is 13.6 Å². The Kier molecular flexibility index (Phi) is 6.94. The Labute approximate surface area is 157 Å². The van der Waals surface area contributed by atoms with Crippen molar-refractivity contribution in [1.82, 2.24) is 10.6 Å². The molecule has 2 aromatic carbocycles. The van der Waals surface area contributed by atoms with E-state index in [2.05, 4.69) is 17.6 Å². The molecule has 1 fully saturated rings. The van der Waals surface area contributed by atoms with E-state index in [4.69, 9.17) is 4.74 Å². The van der Waals surface area contributed by atoms with E-state index in [0.29, 0.717) is 17.2 Å². The van der Waals surface area contributed by atoms with Crippen LogP contribution < -0.4 is 15.4 Å². The molecule has 1 saturated heterocycles. The van der Waals surface area contributed by atoms with Gasteiger partial charge < -0.3 is 15.4 Å². The van der Waals surface area contributed by atoms with Crippen LogP contribution in [-0.4, -0.2) is 25.0 Å². The van der Waals surface area contributed by atoms with Crippen molar-refractivity contribution in [1.29, 1.82) is 0 Å². The highest BCUT2D eigenvalue weighted by Gasteiger charge is 2.23. The van der Waals surface area contributed by atoms with Gasteiger partial charge in [0, 0.05) is 24.2 Å².